The first-order chi connectivity index (χ1) is 13.8. The van der Waals surface area contributed by atoms with Gasteiger partial charge in [0.05, 0.1) is 16.8 Å². The topological polar surface area (TPSA) is 74.8 Å². The number of aromatic amines is 1. The quantitative estimate of drug-likeness (QED) is 0.601. The van der Waals surface area contributed by atoms with Crippen LogP contribution in [0.5, 0.6) is 0 Å². The van der Waals surface area contributed by atoms with Gasteiger partial charge in [-0.3, -0.25) is 19.7 Å². The number of H-pyrrole nitrogens is 1. The summed E-state index contributed by atoms with van der Waals surface area (Å²) in [6.07, 6.45) is 6.04. The molecule has 0 atom stereocenters. The first-order valence-electron chi connectivity index (χ1n) is 9.35. The SMILES string of the molecule is O=c1[nH]c(-c2cccnc2)nc2c1CN(Cc1ccnc3ccccc13)CC2. The molecule has 4 aromatic rings. The second kappa shape index (κ2) is 6.98. The Morgan fingerprint density at radius 2 is 2.00 bits per heavy atom. The lowest BCUT2D eigenvalue weighted by molar-refractivity contribution is 0.242. The Hall–Kier alpha value is -3.38. The monoisotopic (exact) mass is 369 g/mol. The smallest absolute Gasteiger partial charge is 0.255 e. The summed E-state index contributed by atoms with van der Waals surface area (Å²) in [5.74, 6) is 0.588. The molecule has 0 saturated carbocycles. The average Bonchev–Trinajstić information content (AvgIpc) is 2.75. The molecule has 1 aliphatic rings. The Balaban J connectivity index is 1.43. The third-order valence-corrected chi connectivity index (χ3v) is 5.22. The minimum absolute atomic E-state index is 0.0619. The van der Waals surface area contributed by atoms with Crippen LogP contribution in [-0.2, 0) is 19.5 Å². The number of rotatable bonds is 3. The third kappa shape index (κ3) is 3.08. The zero-order valence-corrected chi connectivity index (χ0v) is 15.3. The van der Waals surface area contributed by atoms with Crippen molar-refractivity contribution in [1.82, 2.24) is 24.8 Å². The number of hydrogen-bond acceptors (Lipinski definition) is 5. The van der Waals surface area contributed by atoms with Crippen LogP contribution in [0.4, 0.5) is 0 Å². The van der Waals surface area contributed by atoms with Crippen LogP contribution < -0.4 is 5.56 Å². The molecule has 6 heteroatoms. The first-order valence-corrected chi connectivity index (χ1v) is 9.35. The van der Waals surface area contributed by atoms with Gasteiger partial charge in [-0.2, -0.15) is 0 Å². The number of para-hydroxylation sites is 1. The van der Waals surface area contributed by atoms with Crippen molar-refractivity contribution in [2.45, 2.75) is 19.5 Å². The predicted octanol–water partition coefficient (Wildman–Crippen LogP) is 2.94. The van der Waals surface area contributed by atoms with E-state index in [0.717, 1.165) is 47.2 Å². The summed E-state index contributed by atoms with van der Waals surface area (Å²) in [5.41, 5.74) is 4.64. The van der Waals surface area contributed by atoms with Crippen LogP contribution in [0, 0.1) is 0 Å². The maximum absolute atomic E-state index is 12.7. The molecule has 4 heterocycles. The van der Waals surface area contributed by atoms with Gasteiger partial charge in [-0.05, 0) is 29.8 Å². The van der Waals surface area contributed by atoms with Crippen LogP contribution in [0.2, 0.25) is 0 Å². The molecule has 0 fully saturated rings. The van der Waals surface area contributed by atoms with Crippen LogP contribution in [-0.4, -0.2) is 31.4 Å². The summed E-state index contributed by atoms with van der Waals surface area (Å²) in [6, 6.07) is 14.0. The van der Waals surface area contributed by atoms with Crippen LogP contribution in [0.25, 0.3) is 22.3 Å². The second-order valence-electron chi connectivity index (χ2n) is 7.03. The minimum atomic E-state index is -0.0619. The molecule has 5 rings (SSSR count). The molecule has 0 spiro atoms. The third-order valence-electron chi connectivity index (χ3n) is 5.22. The lowest BCUT2D eigenvalue weighted by Gasteiger charge is -2.28. The molecule has 1 aromatic carbocycles. The molecule has 1 aliphatic heterocycles. The lowest BCUT2D eigenvalue weighted by atomic mass is 10.0. The highest BCUT2D eigenvalue weighted by Crippen LogP contribution is 2.22. The molecule has 0 bridgehead atoms. The first kappa shape index (κ1) is 16.8. The Morgan fingerprint density at radius 3 is 2.89 bits per heavy atom. The van der Waals surface area contributed by atoms with E-state index in [-0.39, 0.29) is 5.56 Å². The fraction of sp³-hybridized carbons (Fsp3) is 0.182. The van der Waals surface area contributed by atoms with E-state index in [1.54, 1.807) is 12.4 Å². The Kier molecular flexibility index (Phi) is 4.18. The number of benzene rings is 1. The fourth-order valence-corrected chi connectivity index (χ4v) is 3.79. The van der Waals surface area contributed by atoms with Crippen LogP contribution in [0.1, 0.15) is 16.8 Å². The summed E-state index contributed by atoms with van der Waals surface area (Å²) in [4.78, 5) is 31.2. The fourth-order valence-electron chi connectivity index (χ4n) is 3.79. The largest absolute Gasteiger partial charge is 0.306 e. The van der Waals surface area contributed by atoms with E-state index >= 15 is 0 Å². The molecule has 1 N–H and O–H groups in total. The number of fused-ring (bicyclic) bond motifs is 2. The zero-order valence-electron chi connectivity index (χ0n) is 15.3. The standard InChI is InChI=1S/C22H19N5O/c28-22-18-14-27(13-16-7-10-24-19-6-2-1-5-17(16)19)11-8-20(18)25-21(26-22)15-4-3-9-23-12-15/h1-7,9-10,12H,8,11,13-14H2,(H,25,26,28). The highest BCUT2D eigenvalue weighted by molar-refractivity contribution is 5.81. The van der Waals surface area contributed by atoms with Crippen molar-refractivity contribution in [3.8, 4) is 11.4 Å². The van der Waals surface area contributed by atoms with Crippen LogP contribution >= 0.6 is 0 Å². The number of nitrogens with zero attached hydrogens (tertiary/aromatic N) is 4. The van der Waals surface area contributed by atoms with Gasteiger partial charge in [0.25, 0.3) is 5.56 Å². The van der Waals surface area contributed by atoms with E-state index in [2.05, 4.69) is 32.0 Å². The predicted molar refractivity (Wildman–Crippen MR) is 108 cm³/mol. The normalized spacial score (nSPS) is 14.1. The Labute approximate surface area is 161 Å². The molecular formula is C22H19N5O. The van der Waals surface area contributed by atoms with E-state index in [9.17, 15) is 4.79 Å². The number of hydrogen-bond donors (Lipinski definition) is 1. The molecule has 3 aromatic heterocycles. The van der Waals surface area contributed by atoms with Gasteiger partial charge >= 0.3 is 0 Å². The molecule has 0 unspecified atom stereocenters. The summed E-state index contributed by atoms with van der Waals surface area (Å²) in [5, 5.41) is 1.16. The van der Waals surface area contributed by atoms with E-state index in [1.807, 2.05) is 36.5 Å². The molecule has 0 aliphatic carbocycles. The molecular weight excluding hydrogens is 350 g/mol. The minimum Gasteiger partial charge on any atom is -0.306 e. The van der Waals surface area contributed by atoms with E-state index in [0.29, 0.717) is 12.4 Å². The van der Waals surface area contributed by atoms with Gasteiger partial charge in [0.1, 0.15) is 5.82 Å². The van der Waals surface area contributed by atoms with Gasteiger partial charge in [-0.25, -0.2) is 4.98 Å². The van der Waals surface area contributed by atoms with Gasteiger partial charge < -0.3 is 4.98 Å². The van der Waals surface area contributed by atoms with E-state index in [4.69, 9.17) is 4.98 Å². The lowest BCUT2D eigenvalue weighted by Crippen LogP contribution is -2.35. The van der Waals surface area contributed by atoms with Crippen LogP contribution in [0.15, 0.2) is 65.8 Å². The Bertz CT molecular complexity index is 1200. The molecule has 28 heavy (non-hydrogen) atoms. The van der Waals surface area contributed by atoms with Crippen molar-refractivity contribution in [3.05, 3.63) is 88.2 Å². The van der Waals surface area contributed by atoms with Crippen LogP contribution in [0.3, 0.4) is 0 Å². The number of pyridine rings is 2. The van der Waals surface area contributed by atoms with Crippen molar-refractivity contribution >= 4 is 10.9 Å². The van der Waals surface area contributed by atoms with E-state index < -0.39 is 0 Å². The molecule has 0 radical (unpaired) electrons. The van der Waals surface area contributed by atoms with Crippen molar-refractivity contribution in [2.24, 2.45) is 0 Å². The van der Waals surface area contributed by atoms with Crippen molar-refractivity contribution in [3.63, 3.8) is 0 Å². The average molecular weight is 369 g/mol. The molecule has 6 nitrogen and oxygen atoms in total. The van der Waals surface area contributed by atoms with Crippen molar-refractivity contribution in [2.75, 3.05) is 6.54 Å². The van der Waals surface area contributed by atoms with Gasteiger partial charge in [-0.1, -0.05) is 18.2 Å². The van der Waals surface area contributed by atoms with Gasteiger partial charge in [0.2, 0.25) is 0 Å². The highest BCUT2D eigenvalue weighted by atomic mass is 16.1. The summed E-state index contributed by atoms with van der Waals surface area (Å²) >= 11 is 0. The molecule has 0 saturated heterocycles. The summed E-state index contributed by atoms with van der Waals surface area (Å²) < 4.78 is 0. The highest BCUT2D eigenvalue weighted by Gasteiger charge is 2.22. The van der Waals surface area contributed by atoms with Gasteiger partial charge in [-0.15, -0.1) is 0 Å². The van der Waals surface area contributed by atoms with Crippen molar-refractivity contribution in [1.29, 1.82) is 0 Å². The van der Waals surface area contributed by atoms with Crippen molar-refractivity contribution < 1.29 is 0 Å². The van der Waals surface area contributed by atoms with Gasteiger partial charge in [0.15, 0.2) is 0 Å². The molecule has 0 amide bonds. The summed E-state index contributed by atoms with van der Waals surface area (Å²) in [7, 11) is 0. The Morgan fingerprint density at radius 1 is 1.07 bits per heavy atom. The maximum Gasteiger partial charge on any atom is 0.255 e. The number of nitrogens with one attached hydrogen (secondary N) is 1. The number of aromatic nitrogens is 4. The zero-order chi connectivity index (χ0) is 18.9. The second-order valence-corrected chi connectivity index (χ2v) is 7.03. The summed E-state index contributed by atoms with van der Waals surface area (Å²) in [6.45, 7) is 2.25. The van der Waals surface area contributed by atoms with Gasteiger partial charge in [0, 0.05) is 55.6 Å². The molecule has 138 valence electrons. The van der Waals surface area contributed by atoms with E-state index in [1.165, 1.54) is 5.56 Å². The maximum atomic E-state index is 12.7.